The van der Waals surface area contributed by atoms with Gasteiger partial charge in [-0.05, 0) is 6.07 Å². The van der Waals surface area contributed by atoms with Crippen molar-refractivity contribution in [3.05, 3.63) is 54.2 Å². The average molecular weight is 349 g/mol. The SMILES string of the molecule is CN1CCn2c(CN(C)c3ccnc(-c4ccccc4)n3)nnc2C1=O. The molecule has 1 aliphatic heterocycles. The minimum absolute atomic E-state index is 0.0916. The fourth-order valence-corrected chi connectivity index (χ4v) is 2.95. The smallest absolute Gasteiger partial charge is 0.291 e. The molecule has 2 aromatic heterocycles. The van der Waals surface area contributed by atoms with Crippen molar-refractivity contribution in [1.82, 2.24) is 29.6 Å². The van der Waals surface area contributed by atoms with Crippen LogP contribution in [0.1, 0.15) is 16.4 Å². The van der Waals surface area contributed by atoms with Crippen LogP contribution >= 0.6 is 0 Å². The number of hydrogen-bond acceptors (Lipinski definition) is 6. The summed E-state index contributed by atoms with van der Waals surface area (Å²) in [5.74, 6) is 2.52. The Bertz CT molecular complexity index is 938. The van der Waals surface area contributed by atoms with Gasteiger partial charge in [-0.2, -0.15) is 0 Å². The number of rotatable bonds is 4. The first-order valence-electron chi connectivity index (χ1n) is 8.40. The Morgan fingerprint density at radius 2 is 1.92 bits per heavy atom. The average Bonchev–Trinajstić information content (AvgIpc) is 3.09. The third-order valence-corrected chi connectivity index (χ3v) is 4.47. The Kier molecular flexibility index (Phi) is 4.08. The van der Waals surface area contributed by atoms with E-state index in [1.54, 1.807) is 18.1 Å². The van der Waals surface area contributed by atoms with E-state index in [0.29, 0.717) is 31.3 Å². The molecule has 3 heterocycles. The summed E-state index contributed by atoms with van der Waals surface area (Å²) >= 11 is 0. The Hall–Kier alpha value is -3.29. The first kappa shape index (κ1) is 16.2. The second-order valence-electron chi connectivity index (χ2n) is 6.28. The fraction of sp³-hybridized carbons (Fsp3) is 0.278. The molecule has 3 aromatic rings. The zero-order valence-corrected chi connectivity index (χ0v) is 14.7. The number of fused-ring (bicyclic) bond motifs is 1. The lowest BCUT2D eigenvalue weighted by Gasteiger charge is -2.24. The van der Waals surface area contributed by atoms with E-state index < -0.39 is 0 Å². The summed E-state index contributed by atoms with van der Waals surface area (Å²) in [7, 11) is 3.72. The van der Waals surface area contributed by atoms with Gasteiger partial charge in [0.1, 0.15) is 5.82 Å². The van der Waals surface area contributed by atoms with Crippen LogP contribution in [0.2, 0.25) is 0 Å². The van der Waals surface area contributed by atoms with E-state index in [1.807, 2.05) is 52.9 Å². The first-order valence-corrected chi connectivity index (χ1v) is 8.40. The summed E-state index contributed by atoms with van der Waals surface area (Å²) in [6.45, 7) is 1.87. The number of anilines is 1. The van der Waals surface area contributed by atoms with Crippen molar-refractivity contribution < 1.29 is 4.79 Å². The predicted molar refractivity (Wildman–Crippen MR) is 96.6 cm³/mol. The van der Waals surface area contributed by atoms with Crippen molar-refractivity contribution >= 4 is 11.7 Å². The highest BCUT2D eigenvalue weighted by molar-refractivity contribution is 5.91. The minimum Gasteiger partial charge on any atom is -0.352 e. The number of hydrogen-bond donors (Lipinski definition) is 0. The summed E-state index contributed by atoms with van der Waals surface area (Å²) in [5, 5.41) is 8.27. The van der Waals surface area contributed by atoms with Crippen LogP contribution in [0.5, 0.6) is 0 Å². The normalized spacial score (nSPS) is 13.6. The van der Waals surface area contributed by atoms with Crippen LogP contribution in [0, 0.1) is 0 Å². The van der Waals surface area contributed by atoms with Crippen molar-refractivity contribution in [2.45, 2.75) is 13.1 Å². The van der Waals surface area contributed by atoms with E-state index in [9.17, 15) is 4.79 Å². The maximum Gasteiger partial charge on any atom is 0.291 e. The number of aromatic nitrogens is 5. The molecule has 0 saturated carbocycles. The van der Waals surface area contributed by atoms with Crippen molar-refractivity contribution in [2.75, 3.05) is 25.5 Å². The molecule has 8 heteroatoms. The molecule has 132 valence electrons. The predicted octanol–water partition coefficient (Wildman–Crippen LogP) is 1.46. The Balaban J connectivity index is 1.57. The minimum atomic E-state index is -0.0916. The number of amides is 1. The Labute approximate surface area is 151 Å². The van der Waals surface area contributed by atoms with Crippen LogP contribution in [0.15, 0.2) is 42.6 Å². The molecule has 1 aromatic carbocycles. The molecule has 0 fully saturated rings. The zero-order valence-electron chi connectivity index (χ0n) is 14.7. The first-order chi connectivity index (χ1) is 12.6. The summed E-state index contributed by atoms with van der Waals surface area (Å²) in [6, 6.07) is 11.7. The lowest BCUT2D eigenvalue weighted by molar-refractivity contribution is 0.0740. The van der Waals surface area contributed by atoms with Gasteiger partial charge in [0.15, 0.2) is 11.6 Å². The molecule has 0 aliphatic carbocycles. The highest BCUT2D eigenvalue weighted by Gasteiger charge is 2.26. The van der Waals surface area contributed by atoms with Crippen LogP contribution in [0.25, 0.3) is 11.4 Å². The second-order valence-corrected chi connectivity index (χ2v) is 6.28. The topological polar surface area (TPSA) is 80.0 Å². The van der Waals surface area contributed by atoms with Crippen LogP contribution in [-0.2, 0) is 13.1 Å². The molecule has 26 heavy (non-hydrogen) atoms. The van der Waals surface area contributed by atoms with E-state index >= 15 is 0 Å². The van der Waals surface area contributed by atoms with Gasteiger partial charge in [-0.25, -0.2) is 9.97 Å². The van der Waals surface area contributed by atoms with Crippen LogP contribution in [0.3, 0.4) is 0 Å². The van der Waals surface area contributed by atoms with E-state index in [0.717, 1.165) is 17.2 Å². The third kappa shape index (κ3) is 2.90. The molecule has 1 amide bonds. The molecule has 8 nitrogen and oxygen atoms in total. The maximum absolute atomic E-state index is 12.2. The van der Waals surface area contributed by atoms with Gasteiger partial charge in [-0.3, -0.25) is 4.79 Å². The summed E-state index contributed by atoms with van der Waals surface area (Å²) in [5.41, 5.74) is 0.969. The van der Waals surface area contributed by atoms with Gasteiger partial charge in [0, 0.05) is 38.9 Å². The second kappa shape index (κ2) is 6.55. The molecule has 4 rings (SSSR count). The van der Waals surface area contributed by atoms with Gasteiger partial charge >= 0.3 is 0 Å². The van der Waals surface area contributed by atoms with Gasteiger partial charge in [-0.1, -0.05) is 30.3 Å². The van der Waals surface area contributed by atoms with E-state index in [1.165, 1.54) is 0 Å². The van der Waals surface area contributed by atoms with Gasteiger partial charge in [-0.15, -0.1) is 10.2 Å². The lowest BCUT2D eigenvalue weighted by Crippen LogP contribution is -2.38. The zero-order chi connectivity index (χ0) is 18.1. The monoisotopic (exact) mass is 349 g/mol. The Morgan fingerprint density at radius 3 is 2.73 bits per heavy atom. The van der Waals surface area contributed by atoms with E-state index in [4.69, 9.17) is 0 Å². The van der Waals surface area contributed by atoms with Crippen molar-refractivity contribution in [1.29, 1.82) is 0 Å². The summed E-state index contributed by atoms with van der Waals surface area (Å²) < 4.78 is 1.89. The van der Waals surface area contributed by atoms with Gasteiger partial charge in [0.05, 0.1) is 6.54 Å². The number of likely N-dealkylation sites (N-methyl/N-ethyl adjacent to an activating group) is 1. The maximum atomic E-state index is 12.2. The fourth-order valence-electron chi connectivity index (χ4n) is 2.95. The van der Waals surface area contributed by atoms with Gasteiger partial charge in [0.2, 0.25) is 5.82 Å². The summed E-state index contributed by atoms with van der Waals surface area (Å²) in [6.07, 6.45) is 1.75. The standard InChI is InChI=1S/C18H19N7O/c1-23-10-11-25-15(21-22-17(25)18(23)26)12-24(2)14-8-9-19-16(20-14)13-6-4-3-5-7-13/h3-9H,10-12H2,1-2H3. The number of carbonyl (C=O) groups is 1. The van der Waals surface area contributed by atoms with Crippen molar-refractivity contribution in [3.63, 3.8) is 0 Å². The number of carbonyl (C=O) groups excluding carboxylic acids is 1. The van der Waals surface area contributed by atoms with Crippen LogP contribution in [0.4, 0.5) is 5.82 Å². The molecule has 0 atom stereocenters. The Morgan fingerprint density at radius 1 is 1.12 bits per heavy atom. The molecule has 0 radical (unpaired) electrons. The van der Waals surface area contributed by atoms with Crippen molar-refractivity contribution in [2.24, 2.45) is 0 Å². The highest BCUT2D eigenvalue weighted by Crippen LogP contribution is 2.19. The molecule has 0 unspecified atom stereocenters. The largest absolute Gasteiger partial charge is 0.352 e. The molecule has 0 saturated heterocycles. The van der Waals surface area contributed by atoms with E-state index in [2.05, 4.69) is 20.2 Å². The van der Waals surface area contributed by atoms with E-state index in [-0.39, 0.29) is 5.91 Å². The number of benzene rings is 1. The summed E-state index contributed by atoms with van der Waals surface area (Å²) in [4.78, 5) is 24.8. The molecular formula is C18H19N7O. The highest BCUT2D eigenvalue weighted by atomic mass is 16.2. The molecule has 1 aliphatic rings. The molecular weight excluding hydrogens is 330 g/mol. The third-order valence-electron chi connectivity index (χ3n) is 4.47. The van der Waals surface area contributed by atoms with Crippen LogP contribution < -0.4 is 4.90 Å². The molecule has 0 N–H and O–H groups in total. The number of nitrogens with zero attached hydrogens (tertiary/aromatic N) is 7. The van der Waals surface area contributed by atoms with Crippen molar-refractivity contribution in [3.8, 4) is 11.4 Å². The quantitative estimate of drug-likeness (QED) is 0.709. The molecule has 0 spiro atoms. The van der Waals surface area contributed by atoms with Crippen LogP contribution in [-0.4, -0.2) is 56.2 Å². The molecule has 0 bridgehead atoms. The lowest BCUT2D eigenvalue weighted by atomic mass is 10.2. The van der Waals surface area contributed by atoms with Gasteiger partial charge < -0.3 is 14.4 Å². The van der Waals surface area contributed by atoms with Gasteiger partial charge in [0.25, 0.3) is 5.91 Å².